The molecule has 0 radical (unpaired) electrons. The second-order valence-corrected chi connectivity index (χ2v) is 6.75. The van der Waals surface area contributed by atoms with Gasteiger partial charge in [-0.1, -0.05) is 22.9 Å². The standard InChI is InChI=1S/C14H17N3O2S/c18-14-17(10-4-2-1-3-5-11(10)20-14)8-12-15-13(16-19-12)9-6-7-9/h9H,1-8H2. The monoisotopic (exact) mass is 291 g/mol. The Morgan fingerprint density at radius 1 is 1.25 bits per heavy atom. The molecule has 2 aliphatic rings. The lowest BCUT2D eigenvalue weighted by atomic mass is 10.2. The Hall–Kier alpha value is -1.43. The van der Waals surface area contributed by atoms with Crippen LogP contribution in [0.4, 0.5) is 0 Å². The van der Waals surface area contributed by atoms with E-state index >= 15 is 0 Å². The van der Waals surface area contributed by atoms with E-state index < -0.39 is 0 Å². The number of fused-ring (bicyclic) bond motifs is 1. The van der Waals surface area contributed by atoms with Crippen molar-refractivity contribution in [3.8, 4) is 0 Å². The van der Waals surface area contributed by atoms with Crippen molar-refractivity contribution in [2.75, 3.05) is 0 Å². The molecular formula is C14H17N3O2S. The topological polar surface area (TPSA) is 60.9 Å². The van der Waals surface area contributed by atoms with Crippen molar-refractivity contribution in [2.24, 2.45) is 0 Å². The third-order valence-corrected chi connectivity index (χ3v) is 5.20. The second kappa shape index (κ2) is 4.84. The van der Waals surface area contributed by atoms with Crippen molar-refractivity contribution < 1.29 is 4.52 Å². The molecule has 0 bridgehead atoms. The first-order chi connectivity index (χ1) is 9.81. The molecule has 0 atom stereocenters. The summed E-state index contributed by atoms with van der Waals surface area (Å²) in [5, 5.41) is 4.02. The van der Waals surface area contributed by atoms with Gasteiger partial charge in [-0.25, -0.2) is 0 Å². The Morgan fingerprint density at radius 2 is 2.10 bits per heavy atom. The zero-order valence-electron chi connectivity index (χ0n) is 11.3. The molecule has 0 amide bonds. The lowest BCUT2D eigenvalue weighted by Crippen LogP contribution is -2.17. The van der Waals surface area contributed by atoms with E-state index in [4.69, 9.17) is 4.52 Å². The summed E-state index contributed by atoms with van der Waals surface area (Å²) in [5.41, 5.74) is 1.20. The van der Waals surface area contributed by atoms with Crippen molar-refractivity contribution in [3.05, 3.63) is 32.0 Å². The largest absolute Gasteiger partial charge is 0.337 e. The fourth-order valence-corrected chi connectivity index (χ4v) is 3.91. The molecule has 106 valence electrons. The Labute approximate surface area is 120 Å². The van der Waals surface area contributed by atoms with Crippen LogP contribution in [-0.2, 0) is 19.4 Å². The van der Waals surface area contributed by atoms with E-state index in [1.54, 1.807) is 0 Å². The molecular weight excluding hydrogens is 274 g/mol. The minimum absolute atomic E-state index is 0.114. The van der Waals surface area contributed by atoms with Gasteiger partial charge >= 0.3 is 4.87 Å². The number of aromatic nitrogens is 3. The lowest BCUT2D eigenvalue weighted by Gasteiger charge is -2.04. The second-order valence-electron chi connectivity index (χ2n) is 5.71. The predicted octanol–water partition coefficient (Wildman–Crippen LogP) is 2.49. The molecule has 2 heterocycles. The van der Waals surface area contributed by atoms with Gasteiger partial charge in [-0.2, -0.15) is 4.98 Å². The molecule has 0 saturated heterocycles. The number of rotatable bonds is 3. The van der Waals surface area contributed by atoms with Gasteiger partial charge in [0.15, 0.2) is 5.82 Å². The van der Waals surface area contributed by atoms with Crippen LogP contribution >= 0.6 is 11.3 Å². The molecule has 4 rings (SSSR count). The van der Waals surface area contributed by atoms with Gasteiger partial charge in [0.25, 0.3) is 0 Å². The third-order valence-electron chi connectivity index (χ3n) is 4.12. The van der Waals surface area contributed by atoms with Gasteiger partial charge in [0.05, 0.1) is 0 Å². The zero-order chi connectivity index (χ0) is 13.5. The van der Waals surface area contributed by atoms with E-state index in [-0.39, 0.29) is 4.87 Å². The minimum Gasteiger partial charge on any atom is -0.337 e. The fraction of sp³-hybridized carbons (Fsp3) is 0.643. The molecule has 2 aromatic heterocycles. The molecule has 0 spiro atoms. The first-order valence-electron chi connectivity index (χ1n) is 7.35. The Balaban J connectivity index is 1.63. The number of nitrogens with zero attached hydrogens (tertiary/aromatic N) is 3. The van der Waals surface area contributed by atoms with Crippen LogP contribution in [-0.4, -0.2) is 14.7 Å². The zero-order valence-corrected chi connectivity index (χ0v) is 12.1. The van der Waals surface area contributed by atoms with E-state index in [9.17, 15) is 4.79 Å². The molecule has 2 aromatic rings. The molecule has 0 unspecified atom stereocenters. The minimum atomic E-state index is 0.114. The predicted molar refractivity (Wildman–Crippen MR) is 75.2 cm³/mol. The maximum Gasteiger partial charge on any atom is 0.308 e. The molecule has 1 saturated carbocycles. The van der Waals surface area contributed by atoms with Crippen molar-refractivity contribution >= 4 is 11.3 Å². The number of aryl methyl sites for hydroxylation is 1. The quantitative estimate of drug-likeness (QED) is 0.815. The van der Waals surface area contributed by atoms with E-state index in [0.29, 0.717) is 18.4 Å². The lowest BCUT2D eigenvalue weighted by molar-refractivity contribution is 0.364. The van der Waals surface area contributed by atoms with Crippen LogP contribution in [0.2, 0.25) is 0 Å². The summed E-state index contributed by atoms with van der Waals surface area (Å²) in [5.74, 6) is 1.87. The summed E-state index contributed by atoms with van der Waals surface area (Å²) in [6.07, 6.45) is 7.97. The average Bonchev–Trinajstić information content (AvgIpc) is 3.17. The van der Waals surface area contributed by atoms with Crippen LogP contribution in [0.25, 0.3) is 0 Å². The highest BCUT2D eigenvalue weighted by Crippen LogP contribution is 2.38. The van der Waals surface area contributed by atoms with Gasteiger partial charge in [0, 0.05) is 16.5 Å². The number of thiazole rings is 1. The van der Waals surface area contributed by atoms with E-state index in [0.717, 1.165) is 31.5 Å². The highest BCUT2D eigenvalue weighted by atomic mass is 32.1. The molecule has 2 aliphatic carbocycles. The first kappa shape index (κ1) is 12.3. The summed E-state index contributed by atoms with van der Waals surface area (Å²) in [6, 6.07) is 0. The van der Waals surface area contributed by atoms with E-state index in [1.165, 1.54) is 41.2 Å². The van der Waals surface area contributed by atoms with Crippen molar-refractivity contribution in [2.45, 2.75) is 57.4 Å². The molecule has 0 aliphatic heterocycles. The number of hydrogen-bond donors (Lipinski definition) is 0. The van der Waals surface area contributed by atoms with Crippen molar-refractivity contribution in [1.29, 1.82) is 0 Å². The summed E-state index contributed by atoms with van der Waals surface area (Å²) < 4.78 is 7.14. The maximum absolute atomic E-state index is 12.2. The normalized spacial score (nSPS) is 18.8. The summed E-state index contributed by atoms with van der Waals surface area (Å²) >= 11 is 1.39. The summed E-state index contributed by atoms with van der Waals surface area (Å²) in [6.45, 7) is 0.435. The SMILES string of the molecule is O=c1sc2c(n1Cc1nc(C3CC3)no1)CCCCC2. The van der Waals surface area contributed by atoms with Crippen molar-refractivity contribution in [3.63, 3.8) is 0 Å². The van der Waals surface area contributed by atoms with Crippen LogP contribution in [0.5, 0.6) is 0 Å². The Morgan fingerprint density at radius 3 is 2.95 bits per heavy atom. The highest BCUT2D eigenvalue weighted by Gasteiger charge is 2.29. The van der Waals surface area contributed by atoms with Crippen LogP contribution in [0.15, 0.2) is 9.32 Å². The molecule has 0 aromatic carbocycles. The third kappa shape index (κ3) is 2.22. The van der Waals surface area contributed by atoms with Crippen LogP contribution in [0.3, 0.4) is 0 Å². The fourth-order valence-electron chi connectivity index (χ4n) is 2.84. The smallest absolute Gasteiger partial charge is 0.308 e. The first-order valence-corrected chi connectivity index (χ1v) is 8.17. The highest BCUT2D eigenvalue weighted by molar-refractivity contribution is 7.09. The van der Waals surface area contributed by atoms with Gasteiger partial charge in [-0.05, 0) is 38.5 Å². The molecule has 5 nitrogen and oxygen atoms in total. The van der Waals surface area contributed by atoms with Crippen molar-refractivity contribution in [1.82, 2.24) is 14.7 Å². The van der Waals surface area contributed by atoms with Crippen LogP contribution in [0, 0.1) is 0 Å². The Kier molecular flexibility index (Phi) is 2.98. The van der Waals surface area contributed by atoms with Gasteiger partial charge in [-0.3, -0.25) is 9.36 Å². The van der Waals surface area contributed by atoms with Gasteiger partial charge < -0.3 is 4.52 Å². The molecule has 6 heteroatoms. The average molecular weight is 291 g/mol. The summed E-state index contributed by atoms with van der Waals surface area (Å²) in [4.78, 5) is 18.0. The molecule has 20 heavy (non-hydrogen) atoms. The number of hydrogen-bond acceptors (Lipinski definition) is 5. The molecule has 1 fully saturated rings. The van der Waals surface area contributed by atoms with Gasteiger partial charge in [0.1, 0.15) is 6.54 Å². The summed E-state index contributed by atoms with van der Waals surface area (Å²) in [7, 11) is 0. The van der Waals surface area contributed by atoms with E-state index in [2.05, 4.69) is 10.1 Å². The van der Waals surface area contributed by atoms with Crippen LogP contribution in [0.1, 0.15) is 60.3 Å². The Bertz CT molecular complexity index is 681. The molecule has 0 N–H and O–H groups in total. The van der Waals surface area contributed by atoms with Crippen LogP contribution < -0.4 is 4.87 Å². The van der Waals surface area contributed by atoms with Gasteiger partial charge in [-0.15, -0.1) is 0 Å². The maximum atomic E-state index is 12.2. The van der Waals surface area contributed by atoms with E-state index in [1.807, 2.05) is 4.57 Å². The van der Waals surface area contributed by atoms with Gasteiger partial charge in [0.2, 0.25) is 5.89 Å².